The lowest BCUT2D eigenvalue weighted by Crippen LogP contribution is -2.66. The highest BCUT2D eigenvalue weighted by atomic mass is 19.4. The van der Waals surface area contributed by atoms with Gasteiger partial charge in [-0.1, -0.05) is 0 Å². The summed E-state index contributed by atoms with van der Waals surface area (Å²) in [6.45, 7) is 0.0955. The van der Waals surface area contributed by atoms with Crippen LogP contribution in [0.5, 0.6) is 0 Å². The molecule has 0 aromatic carbocycles. The Hall–Kier alpha value is -3.50. The minimum absolute atomic E-state index is 0.0478. The van der Waals surface area contributed by atoms with Crippen LogP contribution in [-0.4, -0.2) is 55.7 Å². The third kappa shape index (κ3) is 3.57. The average Bonchev–Trinajstić information content (AvgIpc) is 3.10. The number of amides is 2. The third-order valence-corrected chi connectivity index (χ3v) is 6.17. The summed E-state index contributed by atoms with van der Waals surface area (Å²) < 4.78 is 39.2. The predicted octanol–water partition coefficient (Wildman–Crippen LogP) is 2.77. The monoisotopic (exact) mass is 444 g/mol. The van der Waals surface area contributed by atoms with Crippen molar-refractivity contribution >= 4 is 28.5 Å². The molecule has 1 saturated heterocycles. The second-order valence-corrected chi connectivity index (χ2v) is 8.64. The number of likely N-dealkylation sites (tertiary alicyclic amines) is 1. The van der Waals surface area contributed by atoms with Gasteiger partial charge in [-0.05, 0) is 25.0 Å². The topological polar surface area (TPSA) is 93.0 Å². The van der Waals surface area contributed by atoms with E-state index in [4.69, 9.17) is 0 Å². The Morgan fingerprint density at radius 3 is 2.50 bits per heavy atom. The molecule has 0 bridgehead atoms. The molecule has 0 radical (unpaired) electrons. The molecule has 5 rings (SSSR count). The molecular formula is C21H19F3N6O2. The summed E-state index contributed by atoms with van der Waals surface area (Å²) in [5, 5.41) is 7.75. The number of fused-ring (bicyclic) bond motifs is 1. The fourth-order valence-electron chi connectivity index (χ4n) is 4.57. The minimum Gasteiger partial charge on any atom is -0.334 e. The van der Waals surface area contributed by atoms with Crippen molar-refractivity contribution in [3.8, 4) is 11.1 Å². The molecule has 3 aromatic rings. The average molecular weight is 444 g/mol. The summed E-state index contributed by atoms with van der Waals surface area (Å²) in [6.07, 6.45) is 2.99. The predicted molar refractivity (Wildman–Crippen MR) is 108 cm³/mol. The fraction of sp³-hybridized carbons (Fsp3) is 0.381. The highest BCUT2D eigenvalue weighted by molar-refractivity contribution is 5.95. The van der Waals surface area contributed by atoms with Crippen LogP contribution in [0.2, 0.25) is 0 Å². The van der Waals surface area contributed by atoms with E-state index in [0.29, 0.717) is 24.2 Å². The van der Waals surface area contributed by atoms with E-state index in [1.165, 1.54) is 0 Å². The van der Waals surface area contributed by atoms with Crippen LogP contribution in [0.4, 0.5) is 19.0 Å². The van der Waals surface area contributed by atoms with Gasteiger partial charge in [-0.15, -0.1) is 0 Å². The smallest absolute Gasteiger partial charge is 0.334 e. The molecule has 8 nitrogen and oxygen atoms in total. The molecule has 1 aliphatic heterocycles. The van der Waals surface area contributed by atoms with Gasteiger partial charge >= 0.3 is 12.1 Å². The molecule has 0 unspecified atom stereocenters. The standard InChI is InChI=1S/C21H19F3N6O2/c1-29-9-15(7-27-29)13-2-12-3-17(26-8-16(12)25-6-13)28-18(31)14-4-20(5-14)10-30(11-20)19(32)21(22,23)24/h2-3,6-9,14H,4-5,10-11H2,1H3,(H,26,28,31). The van der Waals surface area contributed by atoms with Crippen molar-refractivity contribution in [2.45, 2.75) is 19.0 Å². The van der Waals surface area contributed by atoms with Crippen molar-refractivity contribution in [1.82, 2.24) is 24.6 Å². The summed E-state index contributed by atoms with van der Waals surface area (Å²) in [5.74, 6) is -1.96. The molecule has 3 aromatic heterocycles. The maximum atomic E-state index is 12.6. The highest BCUT2D eigenvalue weighted by Crippen LogP contribution is 2.52. The van der Waals surface area contributed by atoms with Gasteiger partial charge < -0.3 is 10.2 Å². The Bertz CT molecular complexity index is 1220. The number of aryl methyl sites for hydroxylation is 1. The first-order valence-corrected chi connectivity index (χ1v) is 10.0. The van der Waals surface area contributed by atoms with E-state index >= 15 is 0 Å². The number of pyridine rings is 2. The molecule has 4 heterocycles. The number of carbonyl (C=O) groups is 2. The Kier molecular flexibility index (Phi) is 4.47. The molecule has 11 heteroatoms. The zero-order valence-corrected chi connectivity index (χ0v) is 17.1. The van der Waals surface area contributed by atoms with Crippen molar-refractivity contribution in [3.63, 3.8) is 0 Å². The second-order valence-electron chi connectivity index (χ2n) is 8.64. The maximum absolute atomic E-state index is 12.6. The van der Waals surface area contributed by atoms with Crippen molar-refractivity contribution < 1.29 is 22.8 Å². The first-order chi connectivity index (χ1) is 15.1. The number of nitrogens with one attached hydrogen (secondary N) is 1. The van der Waals surface area contributed by atoms with Crippen molar-refractivity contribution in [3.05, 3.63) is 36.9 Å². The van der Waals surface area contributed by atoms with Crippen LogP contribution >= 0.6 is 0 Å². The van der Waals surface area contributed by atoms with Crippen molar-refractivity contribution in [2.75, 3.05) is 18.4 Å². The quantitative estimate of drug-likeness (QED) is 0.671. The van der Waals surface area contributed by atoms with Crippen LogP contribution in [0.15, 0.2) is 36.9 Å². The van der Waals surface area contributed by atoms with E-state index in [9.17, 15) is 22.8 Å². The summed E-state index contributed by atoms with van der Waals surface area (Å²) in [6, 6.07) is 3.68. The van der Waals surface area contributed by atoms with Crippen LogP contribution < -0.4 is 5.32 Å². The van der Waals surface area contributed by atoms with Gasteiger partial charge in [-0.25, -0.2) is 4.98 Å². The number of hydrogen-bond acceptors (Lipinski definition) is 5. The maximum Gasteiger partial charge on any atom is 0.471 e. The highest BCUT2D eigenvalue weighted by Gasteiger charge is 2.58. The SMILES string of the molecule is Cn1cc(-c2cnc3cnc(NC(=O)C4CC5(C4)CN(C(=O)C(F)(F)F)C5)cc3c2)cn1. The van der Waals surface area contributed by atoms with E-state index in [2.05, 4.69) is 20.4 Å². The molecule has 32 heavy (non-hydrogen) atoms. The Morgan fingerprint density at radius 2 is 1.84 bits per heavy atom. The third-order valence-electron chi connectivity index (χ3n) is 6.17. The lowest BCUT2D eigenvalue weighted by molar-refractivity contribution is -0.203. The van der Waals surface area contributed by atoms with E-state index in [1.54, 1.807) is 29.3 Å². The fourth-order valence-corrected chi connectivity index (χ4v) is 4.57. The zero-order chi connectivity index (χ0) is 22.7. The molecule has 0 atom stereocenters. The van der Waals surface area contributed by atoms with Crippen LogP contribution in [-0.2, 0) is 16.6 Å². The first-order valence-electron chi connectivity index (χ1n) is 10.0. The number of rotatable bonds is 3. The largest absolute Gasteiger partial charge is 0.471 e. The van der Waals surface area contributed by atoms with E-state index in [-0.39, 0.29) is 30.3 Å². The molecule has 1 spiro atoms. The van der Waals surface area contributed by atoms with Gasteiger partial charge in [0.05, 0.1) is 17.9 Å². The van der Waals surface area contributed by atoms with Crippen LogP contribution in [0, 0.1) is 11.3 Å². The van der Waals surface area contributed by atoms with E-state index in [1.807, 2.05) is 19.3 Å². The first kappa shape index (κ1) is 20.4. The van der Waals surface area contributed by atoms with Gasteiger partial charge in [-0.3, -0.25) is 19.3 Å². The number of alkyl halides is 3. The van der Waals surface area contributed by atoms with Gasteiger partial charge in [-0.2, -0.15) is 18.3 Å². The summed E-state index contributed by atoms with van der Waals surface area (Å²) in [5.41, 5.74) is 2.12. The summed E-state index contributed by atoms with van der Waals surface area (Å²) in [7, 11) is 1.83. The number of carbonyl (C=O) groups excluding carboxylic acids is 2. The molecular weight excluding hydrogens is 425 g/mol. The van der Waals surface area contributed by atoms with Gasteiger partial charge in [0, 0.05) is 60.4 Å². The number of aromatic nitrogens is 4. The molecule has 2 fully saturated rings. The molecule has 166 valence electrons. The van der Waals surface area contributed by atoms with Crippen molar-refractivity contribution in [1.29, 1.82) is 0 Å². The minimum atomic E-state index is -4.85. The van der Waals surface area contributed by atoms with Gasteiger partial charge in [0.15, 0.2) is 0 Å². The number of nitrogens with zero attached hydrogens (tertiary/aromatic N) is 5. The van der Waals surface area contributed by atoms with Gasteiger partial charge in [0.25, 0.3) is 0 Å². The van der Waals surface area contributed by atoms with Crippen LogP contribution in [0.1, 0.15) is 12.8 Å². The zero-order valence-electron chi connectivity index (χ0n) is 17.1. The Labute approximate surface area is 180 Å². The molecule has 2 amide bonds. The second kappa shape index (κ2) is 7.01. The molecule has 1 aliphatic carbocycles. The normalized spacial score (nSPS) is 17.8. The number of halogens is 3. The summed E-state index contributed by atoms with van der Waals surface area (Å²) >= 11 is 0. The number of hydrogen-bond donors (Lipinski definition) is 1. The number of anilines is 1. The van der Waals surface area contributed by atoms with Crippen LogP contribution in [0.3, 0.4) is 0 Å². The lowest BCUT2D eigenvalue weighted by Gasteiger charge is -2.58. The molecule has 1 saturated carbocycles. The molecule has 1 N–H and O–H groups in total. The lowest BCUT2D eigenvalue weighted by atomic mass is 9.57. The van der Waals surface area contributed by atoms with Gasteiger partial charge in [0.1, 0.15) is 5.82 Å². The Balaban J connectivity index is 1.22. The molecule has 2 aliphatic rings. The van der Waals surface area contributed by atoms with Crippen molar-refractivity contribution in [2.24, 2.45) is 18.4 Å². The van der Waals surface area contributed by atoms with E-state index < -0.39 is 12.1 Å². The Morgan fingerprint density at radius 1 is 1.09 bits per heavy atom. The van der Waals surface area contributed by atoms with E-state index in [0.717, 1.165) is 21.4 Å². The van der Waals surface area contributed by atoms with Gasteiger partial charge in [0.2, 0.25) is 5.91 Å². The van der Waals surface area contributed by atoms with Crippen LogP contribution in [0.25, 0.3) is 22.0 Å². The summed E-state index contributed by atoms with van der Waals surface area (Å²) in [4.78, 5) is 33.3.